The lowest BCUT2D eigenvalue weighted by atomic mass is 10.5. The molecule has 0 saturated heterocycles. The molecule has 0 saturated carbocycles. The highest BCUT2D eigenvalue weighted by molar-refractivity contribution is 5.65. The summed E-state index contributed by atoms with van der Waals surface area (Å²) >= 11 is 0. The SMILES string of the molecule is CC(=O)O.COCCCOC(C)=O.O. The molecule has 0 atom stereocenters. The van der Waals surface area contributed by atoms with Crippen LogP contribution in [0.4, 0.5) is 0 Å². The van der Waals surface area contributed by atoms with Crippen molar-refractivity contribution in [2.45, 2.75) is 20.3 Å². The van der Waals surface area contributed by atoms with Crippen LogP contribution in [-0.4, -0.2) is 42.8 Å². The van der Waals surface area contributed by atoms with Gasteiger partial charge < -0.3 is 20.1 Å². The molecule has 0 unspecified atom stereocenters. The van der Waals surface area contributed by atoms with Gasteiger partial charge in [0.1, 0.15) is 0 Å². The van der Waals surface area contributed by atoms with Crippen LogP contribution in [0.25, 0.3) is 0 Å². The van der Waals surface area contributed by atoms with Crippen LogP contribution in [0, 0.1) is 0 Å². The molecule has 0 aromatic heterocycles. The number of carboxylic acids is 1. The second-order valence-electron chi connectivity index (χ2n) is 2.21. The molecule has 0 bridgehead atoms. The summed E-state index contributed by atoms with van der Waals surface area (Å²) < 4.78 is 9.36. The number of esters is 1. The maximum atomic E-state index is 10.1. The van der Waals surface area contributed by atoms with Crippen LogP contribution < -0.4 is 0 Å². The number of aliphatic carboxylic acids is 1. The van der Waals surface area contributed by atoms with E-state index in [0.29, 0.717) is 13.2 Å². The molecule has 6 nitrogen and oxygen atoms in total. The number of carbonyl (C=O) groups is 2. The molecule has 0 amide bonds. The van der Waals surface area contributed by atoms with E-state index >= 15 is 0 Å². The maximum Gasteiger partial charge on any atom is 0.302 e. The Morgan fingerprint density at radius 3 is 1.93 bits per heavy atom. The van der Waals surface area contributed by atoms with Crippen molar-refractivity contribution in [1.82, 2.24) is 0 Å². The summed E-state index contributed by atoms with van der Waals surface area (Å²) in [5, 5.41) is 7.42. The minimum atomic E-state index is -0.833. The second kappa shape index (κ2) is 14.4. The van der Waals surface area contributed by atoms with Crippen LogP contribution in [0.2, 0.25) is 0 Å². The first-order valence-corrected chi connectivity index (χ1v) is 3.82. The van der Waals surface area contributed by atoms with Gasteiger partial charge in [0.05, 0.1) is 6.61 Å². The largest absolute Gasteiger partial charge is 0.481 e. The van der Waals surface area contributed by atoms with Crippen molar-refractivity contribution in [3.05, 3.63) is 0 Å². The quantitative estimate of drug-likeness (QED) is 0.513. The summed E-state index contributed by atoms with van der Waals surface area (Å²) in [5.74, 6) is -1.06. The maximum absolute atomic E-state index is 10.1. The monoisotopic (exact) mass is 210 g/mol. The molecule has 0 aromatic carbocycles. The third-order valence-corrected chi connectivity index (χ3v) is 0.798. The molecule has 14 heavy (non-hydrogen) atoms. The molecular weight excluding hydrogens is 192 g/mol. The molecular formula is C8H18O6. The first-order valence-electron chi connectivity index (χ1n) is 3.82. The second-order valence-corrected chi connectivity index (χ2v) is 2.21. The Labute approximate surface area is 83.1 Å². The Morgan fingerprint density at radius 2 is 1.64 bits per heavy atom. The van der Waals surface area contributed by atoms with E-state index in [-0.39, 0.29) is 11.4 Å². The Morgan fingerprint density at radius 1 is 1.21 bits per heavy atom. The topological polar surface area (TPSA) is 104 Å². The van der Waals surface area contributed by atoms with Crippen molar-refractivity contribution in [2.24, 2.45) is 0 Å². The van der Waals surface area contributed by atoms with E-state index < -0.39 is 5.97 Å². The van der Waals surface area contributed by atoms with Crippen LogP contribution >= 0.6 is 0 Å². The molecule has 3 N–H and O–H groups in total. The first kappa shape index (κ1) is 18.6. The van der Waals surface area contributed by atoms with Crippen molar-refractivity contribution in [3.8, 4) is 0 Å². The minimum Gasteiger partial charge on any atom is -0.481 e. The van der Waals surface area contributed by atoms with E-state index in [0.717, 1.165) is 13.3 Å². The fourth-order valence-corrected chi connectivity index (χ4v) is 0.419. The molecule has 86 valence electrons. The van der Waals surface area contributed by atoms with Crippen LogP contribution in [0.5, 0.6) is 0 Å². The summed E-state index contributed by atoms with van der Waals surface area (Å²) in [5.41, 5.74) is 0. The van der Waals surface area contributed by atoms with Gasteiger partial charge in [-0.05, 0) is 0 Å². The van der Waals surface area contributed by atoms with Gasteiger partial charge in [-0.1, -0.05) is 0 Å². The molecule has 6 heteroatoms. The Hall–Kier alpha value is -1.14. The molecule has 0 rings (SSSR count). The van der Waals surface area contributed by atoms with Gasteiger partial charge in [-0.3, -0.25) is 9.59 Å². The Kier molecular flexibility index (Phi) is 19.1. The number of carboxylic acid groups (broad SMARTS) is 1. The highest BCUT2D eigenvalue weighted by atomic mass is 16.5. The number of ether oxygens (including phenoxy) is 2. The van der Waals surface area contributed by atoms with Crippen LogP contribution in [0.15, 0.2) is 0 Å². The standard InChI is InChI=1S/C6H12O3.C2H4O2.H2O/c1-6(7)9-5-3-4-8-2;1-2(3)4;/h3-5H2,1-2H3;1H3,(H,3,4);1H2. The van der Waals surface area contributed by atoms with Crippen molar-refractivity contribution < 1.29 is 29.6 Å². The molecule has 0 aliphatic rings. The van der Waals surface area contributed by atoms with Gasteiger partial charge >= 0.3 is 5.97 Å². The third-order valence-electron chi connectivity index (χ3n) is 0.798. The average molecular weight is 210 g/mol. The predicted molar refractivity (Wildman–Crippen MR) is 50.0 cm³/mol. The lowest BCUT2D eigenvalue weighted by Gasteiger charge is -1.98. The summed E-state index contributed by atoms with van der Waals surface area (Å²) in [7, 11) is 1.62. The number of hydrogen-bond acceptors (Lipinski definition) is 4. The van der Waals surface area contributed by atoms with E-state index in [1.807, 2.05) is 0 Å². The molecule has 0 aliphatic heterocycles. The zero-order valence-corrected chi connectivity index (χ0v) is 8.70. The molecule has 0 aliphatic carbocycles. The fourth-order valence-electron chi connectivity index (χ4n) is 0.419. The molecule has 0 spiro atoms. The normalized spacial score (nSPS) is 7.64. The van der Waals surface area contributed by atoms with E-state index in [2.05, 4.69) is 4.74 Å². The predicted octanol–water partition coefficient (Wildman–Crippen LogP) is -0.148. The number of methoxy groups -OCH3 is 1. The van der Waals surface area contributed by atoms with Gasteiger partial charge in [-0.15, -0.1) is 0 Å². The fraction of sp³-hybridized carbons (Fsp3) is 0.750. The van der Waals surface area contributed by atoms with E-state index in [9.17, 15) is 4.79 Å². The zero-order chi connectivity index (χ0) is 10.7. The van der Waals surface area contributed by atoms with Crippen molar-refractivity contribution in [1.29, 1.82) is 0 Å². The van der Waals surface area contributed by atoms with Crippen LogP contribution in [-0.2, 0) is 19.1 Å². The zero-order valence-electron chi connectivity index (χ0n) is 8.70. The van der Waals surface area contributed by atoms with Gasteiger partial charge in [0.25, 0.3) is 5.97 Å². The number of hydrogen-bond donors (Lipinski definition) is 1. The van der Waals surface area contributed by atoms with Crippen molar-refractivity contribution in [2.75, 3.05) is 20.3 Å². The van der Waals surface area contributed by atoms with Crippen molar-refractivity contribution >= 4 is 11.9 Å². The number of carbonyl (C=O) groups excluding carboxylic acids is 1. The summed E-state index contributed by atoms with van der Waals surface area (Å²) in [6.45, 7) is 3.59. The lowest BCUT2D eigenvalue weighted by Crippen LogP contribution is -2.02. The van der Waals surface area contributed by atoms with Gasteiger partial charge in [0.15, 0.2) is 0 Å². The van der Waals surface area contributed by atoms with Gasteiger partial charge in [0, 0.05) is 34.0 Å². The van der Waals surface area contributed by atoms with Crippen LogP contribution in [0.1, 0.15) is 20.3 Å². The smallest absolute Gasteiger partial charge is 0.302 e. The highest BCUT2D eigenvalue weighted by Gasteiger charge is 1.90. The molecule has 0 fully saturated rings. The van der Waals surface area contributed by atoms with E-state index in [4.69, 9.17) is 14.6 Å². The first-order chi connectivity index (χ1) is 6.00. The minimum absolute atomic E-state index is 0. The van der Waals surface area contributed by atoms with E-state index in [1.54, 1.807) is 7.11 Å². The molecule has 0 heterocycles. The average Bonchev–Trinajstić information content (AvgIpc) is 1.97. The van der Waals surface area contributed by atoms with Gasteiger partial charge in [-0.2, -0.15) is 0 Å². The van der Waals surface area contributed by atoms with Gasteiger partial charge in [-0.25, -0.2) is 0 Å². The van der Waals surface area contributed by atoms with E-state index in [1.165, 1.54) is 6.92 Å². The van der Waals surface area contributed by atoms with Gasteiger partial charge in [0.2, 0.25) is 0 Å². The summed E-state index contributed by atoms with van der Waals surface area (Å²) in [6, 6.07) is 0. The van der Waals surface area contributed by atoms with Crippen LogP contribution in [0.3, 0.4) is 0 Å². The summed E-state index contributed by atoms with van der Waals surface area (Å²) in [6.07, 6.45) is 0.774. The Bertz CT molecular complexity index is 141. The molecule has 0 radical (unpaired) electrons. The lowest BCUT2D eigenvalue weighted by molar-refractivity contribution is -0.141. The highest BCUT2D eigenvalue weighted by Crippen LogP contribution is 1.82. The number of rotatable bonds is 4. The Balaban J connectivity index is -0.000000209. The van der Waals surface area contributed by atoms with Crippen molar-refractivity contribution in [3.63, 3.8) is 0 Å². The summed E-state index contributed by atoms with van der Waals surface area (Å²) in [4.78, 5) is 19.1. The third kappa shape index (κ3) is 44.7. The molecule has 0 aromatic rings.